The van der Waals surface area contributed by atoms with Gasteiger partial charge in [0.2, 0.25) is 0 Å². The fourth-order valence-corrected chi connectivity index (χ4v) is 2.53. The van der Waals surface area contributed by atoms with Gasteiger partial charge in [-0.2, -0.15) is 0 Å². The Balaban J connectivity index is 2.46. The summed E-state index contributed by atoms with van der Waals surface area (Å²) < 4.78 is 0. The van der Waals surface area contributed by atoms with Crippen molar-refractivity contribution >= 4 is 29.0 Å². The molecule has 3 N–H and O–H groups in total. The van der Waals surface area contributed by atoms with Crippen molar-refractivity contribution in [1.82, 2.24) is 10.3 Å². The first-order chi connectivity index (χ1) is 10.0. The van der Waals surface area contributed by atoms with E-state index in [-0.39, 0.29) is 6.04 Å². The number of aromatic nitrogens is 1. The van der Waals surface area contributed by atoms with E-state index in [0.29, 0.717) is 15.9 Å². The third-order valence-electron chi connectivity index (χ3n) is 3.27. The summed E-state index contributed by atoms with van der Waals surface area (Å²) in [6.07, 6.45) is 2.79. The Morgan fingerprint density at radius 2 is 2.00 bits per heavy atom. The largest absolute Gasteiger partial charge is 0.383 e. The van der Waals surface area contributed by atoms with Gasteiger partial charge >= 0.3 is 0 Å². The maximum absolute atomic E-state index is 6.14. The maximum atomic E-state index is 6.14. The van der Waals surface area contributed by atoms with Crippen molar-refractivity contribution in [3.8, 4) is 0 Å². The Kier molecular flexibility index (Phi) is 5.45. The van der Waals surface area contributed by atoms with Crippen LogP contribution in [0.5, 0.6) is 0 Å². The molecule has 1 aromatic carbocycles. The quantitative estimate of drug-likeness (QED) is 0.859. The normalized spacial score (nSPS) is 12.4. The van der Waals surface area contributed by atoms with E-state index in [0.717, 1.165) is 29.7 Å². The number of anilines is 1. The summed E-state index contributed by atoms with van der Waals surface area (Å²) in [4.78, 5) is 4.25. The van der Waals surface area contributed by atoms with Gasteiger partial charge in [0, 0.05) is 11.8 Å². The minimum Gasteiger partial charge on any atom is -0.383 e. The number of hydrogen-bond donors (Lipinski definition) is 2. The molecule has 3 nitrogen and oxygen atoms in total. The third-order valence-corrected chi connectivity index (χ3v) is 4.01. The van der Waals surface area contributed by atoms with Crippen molar-refractivity contribution in [2.75, 3.05) is 12.3 Å². The van der Waals surface area contributed by atoms with Crippen LogP contribution in [-0.4, -0.2) is 11.5 Å². The highest BCUT2D eigenvalue weighted by molar-refractivity contribution is 6.42. The lowest BCUT2D eigenvalue weighted by molar-refractivity contribution is 0.598. The Morgan fingerprint density at radius 3 is 2.67 bits per heavy atom. The van der Waals surface area contributed by atoms with E-state index in [1.54, 1.807) is 12.3 Å². The lowest BCUT2D eigenvalue weighted by Gasteiger charge is -2.21. The molecular formula is C16H19Cl2N3. The van der Waals surface area contributed by atoms with Crippen molar-refractivity contribution in [2.24, 2.45) is 0 Å². The zero-order chi connectivity index (χ0) is 15.4. The second-order valence-electron chi connectivity index (χ2n) is 5.05. The molecule has 2 aromatic rings. The number of rotatable bonds is 5. The summed E-state index contributed by atoms with van der Waals surface area (Å²) in [6, 6.07) is 7.65. The van der Waals surface area contributed by atoms with Crippen LogP contribution in [0.3, 0.4) is 0 Å². The van der Waals surface area contributed by atoms with Gasteiger partial charge in [0.25, 0.3) is 0 Å². The van der Waals surface area contributed by atoms with Crippen molar-refractivity contribution in [1.29, 1.82) is 0 Å². The average Bonchev–Trinajstić information content (AvgIpc) is 2.46. The lowest BCUT2D eigenvalue weighted by atomic mass is 9.98. The Bertz CT molecular complexity index is 629. The standard InChI is InChI=1S/C16H19Cl2N3/c1-3-6-20-15(11-4-5-13(17)14(18)8-11)12-7-10(2)9-21-16(12)19/h4-5,7-9,15,20H,3,6H2,1-2H3,(H2,19,21). The minimum atomic E-state index is -0.0490. The minimum absolute atomic E-state index is 0.0490. The van der Waals surface area contributed by atoms with Crippen LogP contribution in [-0.2, 0) is 0 Å². The summed E-state index contributed by atoms with van der Waals surface area (Å²) in [5, 5.41) is 4.58. The summed E-state index contributed by atoms with van der Waals surface area (Å²) in [5.41, 5.74) is 9.11. The third kappa shape index (κ3) is 3.88. The Morgan fingerprint density at radius 1 is 1.24 bits per heavy atom. The molecule has 0 aliphatic heterocycles. The van der Waals surface area contributed by atoms with Crippen LogP contribution in [0.1, 0.15) is 36.1 Å². The molecule has 112 valence electrons. The molecule has 0 aliphatic rings. The molecule has 2 rings (SSSR count). The smallest absolute Gasteiger partial charge is 0.128 e. The molecule has 1 heterocycles. The number of nitrogens with zero attached hydrogens (tertiary/aromatic N) is 1. The zero-order valence-corrected chi connectivity index (χ0v) is 13.7. The van der Waals surface area contributed by atoms with Crippen molar-refractivity contribution < 1.29 is 0 Å². The highest BCUT2D eigenvalue weighted by Gasteiger charge is 2.18. The monoisotopic (exact) mass is 323 g/mol. The number of pyridine rings is 1. The number of nitrogens with one attached hydrogen (secondary N) is 1. The van der Waals surface area contributed by atoms with Gasteiger partial charge in [-0.05, 0) is 49.2 Å². The van der Waals surface area contributed by atoms with Crippen LogP contribution < -0.4 is 11.1 Å². The fourth-order valence-electron chi connectivity index (χ4n) is 2.22. The highest BCUT2D eigenvalue weighted by atomic mass is 35.5. The molecule has 5 heteroatoms. The molecule has 0 amide bonds. The van der Waals surface area contributed by atoms with Gasteiger partial charge < -0.3 is 11.1 Å². The molecule has 21 heavy (non-hydrogen) atoms. The molecule has 1 unspecified atom stereocenters. The first-order valence-corrected chi connectivity index (χ1v) is 7.69. The SMILES string of the molecule is CCCNC(c1ccc(Cl)c(Cl)c1)c1cc(C)cnc1N. The van der Waals surface area contributed by atoms with E-state index < -0.39 is 0 Å². The van der Waals surface area contributed by atoms with Gasteiger partial charge in [0.15, 0.2) is 0 Å². The molecule has 0 fully saturated rings. The molecule has 0 bridgehead atoms. The molecule has 1 aromatic heterocycles. The Hall–Kier alpha value is -1.29. The van der Waals surface area contributed by atoms with Gasteiger partial charge in [0.1, 0.15) is 5.82 Å². The first kappa shape index (κ1) is 16.1. The molecule has 0 radical (unpaired) electrons. The van der Waals surface area contributed by atoms with E-state index in [4.69, 9.17) is 28.9 Å². The summed E-state index contributed by atoms with van der Waals surface area (Å²) >= 11 is 12.1. The second kappa shape index (κ2) is 7.12. The average molecular weight is 324 g/mol. The number of halogens is 2. The van der Waals surface area contributed by atoms with Crippen LogP contribution in [0.2, 0.25) is 10.0 Å². The number of benzene rings is 1. The van der Waals surface area contributed by atoms with E-state index in [1.807, 2.05) is 19.1 Å². The zero-order valence-electron chi connectivity index (χ0n) is 12.2. The molecule has 0 saturated carbocycles. The van der Waals surface area contributed by atoms with Gasteiger partial charge in [-0.15, -0.1) is 0 Å². The highest BCUT2D eigenvalue weighted by Crippen LogP contribution is 2.31. The van der Waals surface area contributed by atoms with Crippen LogP contribution in [0, 0.1) is 6.92 Å². The predicted molar refractivity (Wildman–Crippen MR) is 90.0 cm³/mol. The van der Waals surface area contributed by atoms with Crippen molar-refractivity contribution in [3.05, 3.63) is 57.2 Å². The lowest BCUT2D eigenvalue weighted by Crippen LogP contribution is -2.24. The number of hydrogen-bond acceptors (Lipinski definition) is 3. The van der Waals surface area contributed by atoms with Crippen molar-refractivity contribution in [2.45, 2.75) is 26.3 Å². The van der Waals surface area contributed by atoms with Gasteiger partial charge in [0.05, 0.1) is 16.1 Å². The summed E-state index contributed by atoms with van der Waals surface area (Å²) in [7, 11) is 0. The molecule has 0 saturated heterocycles. The van der Waals surface area contributed by atoms with Gasteiger partial charge in [-0.25, -0.2) is 4.98 Å². The van der Waals surface area contributed by atoms with Gasteiger partial charge in [-0.1, -0.05) is 36.2 Å². The number of aryl methyl sites for hydroxylation is 1. The van der Waals surface area contributed by atoms with E-state index in [1.165, 1.54) is 0 Å². The molecule has 0 aliphatic carbocycles. The van der Waals surface area contributed by atoms with Crippen molar-refractivity contribution in [3.63, 3.8) is 0 Å². The number of nitrogen functional groups attached to an aromatic ring is 1. The molecule has 1 atom stereocenters. The maximum Gasteiger partial charge on any atom is 0.128 e. The fraction of sp³-hybridized carbons (Fsp3) is 0.312. The predicted octanol–water partition coefficient (Wildman–Crippen LogP) is 4.37. The van der Waals surface area contributed by atoms with E-state index in [9.17, 15) is 0 Å². The van der Waals surface area contributed by atoms with E-state index in [2.05, 4.69) is 23.3 Å². The molecule has 0 spiro atoms. The van der Waals surface area contributed by atoms with Gasteiger partial charge in [-0.3, -0.25) is 0 Å². The van der Waals surface area contributed by atoms with Crippen LogP contribution in [0.25, 0.3) is 0 Å². The summed E-state index contributed by atoms with van der Waals surface area (Å²) in [6.45, 7) is 5.00. The van der Waals surface area contributed by atoms with E-state index >= 15 is 0 Å². The van der Waals surface area contributed by atoms with Crippen LogP contribution >= 0.6 is 23.2 Å². The second-order valence-corrected chi connectivity index (χ2v) is 5.86. The molecular weight excluding hydrogens is 305 g/mol. The Labute approximate surface area is 135 Å². The van der Waals surface area contributed by atoms with Crippen LogP contribution in [0.4, 0.5) is 5.82 Å². The van der Waals surface area contributed by atoms with Crippen LogP contribution in [0.15, 0.2) is 30.5 Å². The first-order valence-electron chi connectivity index (χ1n) is 6.93. The topological polar surface area (TPSA) is 50.9 Å². The summed E-state index contributed by atoms with van der Waals surface area (Å²) in [5.74, 6) is 0.528. The number of nitrogens with two attached hydrogens (primary N) is 1.